The van der Waals surface area contributed by atoms with Crippen LogP contribution < -0.4 is 11.0 Å². The Morgan fingerprint density at radius 2 is 2.00 bits per heavy atom. The third-order valence-corrected chi connectivity index (χ3v) is 2.34. The van der Waals surface area contributed by atoms with E-state index >= 15 is 0 Å². The van der Waals surface area contributed by atoms with Gasteiger partial charge >= 0.3 is 5.69 Å². The van der Waals surface area contributed by atoms with Gasteiger partial charge in [-0.25, -0.2) is 4.79 Å². The third-order valence-electron chi connectivity index (χ3n) is 2.34. The van der Waals surface area contributed by atoms with Gasteiger partial charge in [0.1, 0.15) is 0 Å². The van der Waals surface area contributed by atoms with Crippen molar-refractivity contribution >= 4 is 0 Å². The van der Waals surface area contributed by atoms with Gasteiger partial charge in [0.15, 0.2) is 0 Å². The average molecular weight is 211 g/mol. The molecule has 0 aliphatic carbocycles. The molecule has 0 radical (unpaired) electrons. The molecule has 1 heterocycles. The van der Waals surface area contributed by atoms with E-state index in [1.165, 1.54) is 0 Å². The first kappa shape index (κ1) is 12.0. The van der Waals surface area contributed by atoms with Crippen LogP contribution in [0, 0.1) is 5.92 Å². The van der Waals surface area contributed by atoms with Crippen LogP contribution in [-0.4, -0.2) is 22.2 Å². The molecule has 0 spiro atoms. The molecule has 0 saturated carbocycles. The third kappa shape index (κ3) is 3.55. The highest BCUT2D eigenvalue weighted by Crippen LogP contribution is 1.88. The molecule has 1 aromatic rings. The number of imidazole rings is 1. The second kappa shape index (κ2) is 5.75. The van der Waals surface area contributed by atoms with Crippen LogP contribution in [0.1, 0.15) is 20.8 Å². The number of hydrogen-bond acceptors (Lipinski definition) is 2. The zero-order valence-electron chi connectivity index (χ0n) is 9.86. The van der Waals surface area contributed by atoms with E-state index in [1.807, 2.05) is 19.3 Å². The predicted molar refractivity (Wildman–Crippen MR) is 62.1 cm³/mol. The zero-order valence-corrected chi connectivity index (χ0v) is 9.86. The number of aryl methyl sites for hydroxylation is 1. The van der Waals surface area contributed by atoms with Crippen molar-refractivity contribution in [2.45, 2.75) is 33.9 Å². The molecule has 4 nitrogen and oxygen atoms in total. The Bertz CT molecular complexity index is 338. The fourth-order valence-electron chi connectivity index (χ4n) is 1.45. The fourth-order valence-corrected chi connectivity index (χ4v) is 1.45. The van der Waals surface area contributed by atoms with Crippen molar-refractivity contribution in [1.29, 1.82) is 0 Å². The molecule has 1 N–H and O–H groups in total. The molecule has 0 atom stereocenters. The minimum absolute atomic E-state index is 0.0869. The Labute approximate surface area is 90.9 Å². The Morgan fingerprint density at radius 1 is 1.33 bits per heavy atom. The highest BCUT2D eigenvalue weighted by molar-refractivity contribution is 4.81. The number of nitrogens with zero attached hydrogens (tertiary/aromatic N) is 2. The SMILES string of the molecule is CCn1ccn(CCNCC(C)C)c1=O. The summed E-state index contributed by atoms with van der Waals surface area (Å²) in [5.41, 5.74) is 0.0869. The Morgan fingerprint density at radius 3 is 2.53 bits per heavy atom. The number of hydrogen-bond donors (Lipinski definition) is 1. The summed E-state index contributed by atoms with van der Waals surface area (Å²) in [6.45, 7) is 9.67. The van der Waals surface area contributed by atoms with Crippen LogP contribution in [0.3, 0.4) is 0 Å². The quantitative estimate of drug-likeness (QED) is 0.711. The van der Waals surface area contributed by atoms with Gasteiger partial charge in [-0.3, -0.25) is 9.13 Å². The molecule has 0 bridgehead atoms. The van der Waals surface area contributed by atoms with E-state index < -0.39 is 0 Å². The molecule has 0 saturated heterocycles. The van der Waals surface area contributed by atoms with E-state index in [0.717, 1.165) is 26.2 Å². The first-order chi connectivity index (χ1) is 7.15. The summed E-state index contributed by atoms with van der Waals surface area (Å²) < 4.78 is 3.46. The summed E-state index contributed by atoms with van der Waals surface area (Å²) in [5.74, 6) is 0.655. The summed E-state index contributed by atoms with van der Waals surface area (Å²) in [7, 11) is 0. The fraction of sp³-hybridized carbons (Fsp3) is 0.727. The Hall–Kier alpha value is -1.03. The molecule has 86 valence electrons. The van der Waals surface area contributed by atoms with E-state index in [0.29, 0.717) is 5.92 Å². The summed E-state index contributed by atoms with van der Waals surface area (Å²) >= 11 is 0. The summed E-state index contributed by atoms with van der Waals surface area (Å²) in [6.07, 6.45) is 3.69. The van der Waals surface area contributed by atoms with E-state index in [4.69, 9.17) is 0 Å². The summed E-state index contributed by atoms with van der Waals surface area (Å²) in [5, 5.41) is 3.32. The van der Waals surface area contributed by atoms with Gasteiger partial charge in [0.2, 0.25) is 0 Å². The standard InChI is InChI=1S/C11H21N3O/c1-4-13-7-8-14(11(13)15)6-5-12-9-10(2)3/h7-8,10,12H,4-6,9H2,1-3H3. The van der Waals surface area contributed by atoms with Gasteiger partial charge in [0, 0.05) is 32.0 Å². The van der Waals surface area contributed by atoms with E-state index in [-0.39, 0.29) is 5.69 Å². The lowest BCUT2D eigenvalue weighted by Crippen LogP contribution is -2.29. The van der Waals surface area contributed by atoms with Crippen LogP contribution in [0.25, 0.3) is 0 Å². The maximum absolute atomic E-state index is 11.6. The van der Waals surface area contributed by atoms with Crippen LogP contribution in [0.4, 0.5) is 0 Å². The Balaban J connectivity index is 2.38. The van der Waals surface area contributed by atoms with Gasteiger partial charge in [-0.15, -0.1) is 0 Å². The molecule has 0 amide bonds. The maximum Gasteiger partial charge on any atom is 0.328 e. The zero-order chi connectivity index (χ0) is 11.3. The van der Waals surface area contributed by atoms with Crippen molar-refractivity contribution in [2.24, 2.45) is 5.92 Å². The van der Waals surface area contributed by atoms with Crippen LogP contribution >= 0.6 is 0 Å². The van der Waals surface area contributed by atoms with Crippen LogP contribution in [0.2, 0.25) is 0 Å². The molecule has 0 aliphatic heterocycles. The second-order valence-corrected chi connectivity index (χ2v) is 4.16. The highest BCUT2D eigenvalue weighted by atomic mass is 16.1. The normalized spacial score (nSPS) is 11.2. The lowest BCUT2D eigenvalue weighted by molar-refractivity contribution is 0.516. The minimum atomic E-state index is 0.0869. The van der Waals surface area contributed by atoms with Gasteiger partial charge in [-0.05, 0) is 19.4 Å². The lowest BCUT2D eigenvalue weighted by Gasteiger charge is -2.07. The van der Waals surface area contributed by atoms with Crippen molar-refractivity contribution in [1.82, 2.24) is 14.5 Å². The average Bonchev–Trinajstić information content (AvgIpc) is 2.54. The first-order valence-electron chi connectivity index (χ1n) is 5.61. The number of aromatic nitrogens is 2. The van der Waals surface area contributed by atoms with Crippen molar-refractivity contribution < 1.29 is 0 Å². The molecule has 15 heavy (non-hydrogen) atoms. The molecular formula is C11H21N3O. The van der Waals surface area contributed by atoms with Crippen molar-refractivity contribution in [3.05, 3.63) is 22.9 Å². The van der Waals surface area contributed by atoms with Gasteiger partial charge in [-0.2, -0.15) is 0 Å². The summed E-state index contributed by atoms with van der Waals surface area (Å²) in [6, 6.07) is 0. The lowest BCUT2D eigenvalue weighted by atomic mass is 10.2. The van der Waals surface area contributed by atoms with Gasteiger partial charge < -0.3 is 5.32 Å². The molecule has 0 aromatic carbocycles. The first-order valence-corrected chi connectivity index (χ1v) is 5.61. The smallest absolute Gasteiger partial charge is 0.315 e. The second-order valence-electron chi connectivity index (χ2n) is 4.16. The minimum Gasteiger partial charge on any atom is -0.315 e. The molecule has 4 heteroatoms. The Kier molecular flexibility index (Phi) is 4.62. The van der Waals surface area contributed by atoms with E-state index in [9.17, 15) is 4.79 Å². The molecule has 0 aliphatic rings. The van der Waals surface area contributed by atoms with E-state index in [2.05, 4.69) is 19.2 Å². The van der Waals surface area contributed by atoms with Crippen LogP contribution in [0.15, 0.2) is 17.2 Å². The molecule has 1 rings (SSSR count). The number of nitrogens with one attached hydrogen (secondary N) is 1. The van der Waals surface area contributed by atoms with Crippen LogP contribution in [0.5, 0.6) is 0 Å². The van der Waals surface area contributed by atoms with Gasteiger partial charge in [0.25, 0.3) is 0 Å². The molecule has 0 fully saturated rings. The molecule has 1 aromatic heterocycles. The topological polar surface area (TPSA) is 39.0 Å². The maximum atomic E-state index is 11.6. The van der Waals surface area contributed by atoms with Crippen molar-refractivity contribution in [3.8, 4) is 0 Å². The van der Waals surface area contributed by atoms with E-state index in [1.54, 1.807) is 9.13 Å². The van der Waals surface area contributed by atoms with Crippen LogP contribution in [-0.2, 0) is 13.1 Å². The molecular weight excluding hydrogens is 190 g/mol. The monoisotopic (exact) mass is 211 g/mol. The summed E-state index contributed by atoms with van der Waals surface area (Å²) in [4.78, 5) is 11.6. The van der Waals surface area contributed by atoms with Crippen molar-refractivity contribution in [3.63, 3.8) is 0 Å². The largest absolute Gasteiger partial charge is 0.328 e. The predicted octanol–water partition coefficient (Wildman–Crippen LogP) is 0.915. The highest BCUT2D eigenvalue weighted by Gasteiger charge is 2.00. The van der Waals surface area contributed by atoms with Crippen molar-refractivity contribution in [2.75, 3.05) is 13.1 Å². The number of rotatable bonds is 6. The molecule has 0 unspecified atom stereocenters. The van der Waals surface area contributed by atoms with Gasteiger partial charge in [0.05, 0.1) is 0 Å². The van der Waals surface area contributed by atoms with Gasteiger partial charge in [-0.1, -0.05) is 13.8 Å².